The molecule has 1 atom stereocenters. The highest BCUT2D eigenvalue weighted by atomic mass is 32.2. The Morgan fingerprint density at radius 2 is 1.73 bits per heavy atom. The second-order valence-corrected chi connectivity index (χ2v) is 7.53. The molecule has 0 aliphatic heterocycles. The average molecular weight is 367 g/mol. The van der Waals surface area contributed by atoms with Gasteiger partial charge in [-0.3, -0.25) is 4.79 Å². The lowest BCUT2D eigenvalue weighted by molar-refractivity contribution is -0.117. The fourth-order valence-electron chi connectivity index (χ4n) is 2.73. The lowest BCUT2D eigenvalue weighted by atomic mass is 10.1. The number of para-hydroxylation sites is 1. The molecule has 0 saturated heterocycles. The standard InChI is InChI=1S/C20H21N3O2S/c1-13-10-14(2)12-16(11-13)18-21-22-20(25-18)26-15(3)19(24)23(4)17-8-6-5-7-9-17/h5-12,15H,1-4H3. The van der Waals surface area contributed by atoms with Gasteiger partial charge in [-0.1, -0.05) is 47.2 Å². The molecule has 6 heteroatoms. The first-order valence-electron chi connectivity index (χ1n) is 8.35. The van der Waals surface area contributed by atoms with E-state index in [4.69, 9.17) is 4.42 Å². The maximum atomic E-state index is 12.6. The molecule has 0 fully saturated rings. The van der Waals surface area contributed by atoms with Gasteiger partial charge in [0.15, 0.2) is 0 Å². The van der Waals surface area contributed by atoms with Crippen LogP contribution < -0.4 is 4.90 Å². The van der Waals surface area contributed by atoms with E-state index in [2.05, 4.69) is 16.3 Å². The van der Waals surface area contributed by atoms with Gasteiger partial charge in [-0.05, 0) is 45.0 Å². The number of carbonyl (C=O) groups is 1. The molecule has 26 heavy (non-hydrogen) atoms. The summed E-state index contributed by atoms with van der Waals surface area (Å²) >= 11 is 1.27. The van der Waals surface area contributed by atoms with Crippen molar-refractivity contribution in [1.82, 2.24) is 10.2 Å². The van der Waals surface area contributed by atoms with Gasteiger partial charge >= 0.3 is 0 Å². The van der Waals surface area contributed by atoms with E-state index in [1.54, 1.807) is 11.9 Å². The number of hydrogen-bond acceptors (Lipinski definition) is 5. The fourth-order valence-corrected chi connectivity index (χ4v) is 3.50. The molecule has 0 aliphatic carbocycles. The number of carbonyl (C=O) groups excluding carboxylic acids is 1. The number of anilines is 1. The zero-order valence-electron chi connectivity index (χ0n) is 15.3. The predicted octanol–water partition coefficient (Wildman–Crippen LogP) is 4.50. The molecule has 0 saturated carbocycles. The van der Waals surface area contributed by atoms with Crippen LogP contribution in [-0.2, 0) is 4.79 Å². The van der Waals surface area contributed by atoms with Gasteiger partial charge < -0.3 is 9.32 Å². The van der Waals surface area contributed by atoms with E-state index >= 15 is 0 Å². The highest BCUT2D eigenvalue weighted by Crippen LogP contribution is 2.28. The summed E-state index contributed by atoms with van der Waals surface area (Å²) in [4.78, 5) is 14.3. The van der Waals surface area contributed by atoms with Gasteiger partial charge in [0.05, 0.1) is 5.25 Å². The van der Waals surface area contributed by atoms with E-state index < -0.39 is 0 Å². The van der Waals surface area contributed by atoms with Gasteiger partial charge in [0, 0.05) is 18.3 Å². The third-order valence-corrected chi connectivity index (χ3v) is 4.90. The van der Waals surface area contributed by atoms with Gasteiger partial charge in [-0.25, -0.2) is 0 Å². The third kappa shape index (κ3) is 4.14. The Balaban J connectivity index is 1.71. The van der Waals surface area contributed by atoms with Crippen molar-refractivity contribution in [3.63, 3.8) is 0 Å². The van der Waals surface area contributed by atoms with Crippen LogP contribution in [0.25, 0.3) is 11.5 Å². The smallest absolute Gasteiger partial charge is 0.277 e. The molecular formula is C20H21N3O2S. The summed E-state index contributed by atoms with van der Waals surface area (Å²) in [6, 6.07) is 15.7. The van der Waals surface area contributed by atoms with Gasteiger partial charge in [-0.15, -0.1) is 10.2 Å². The highest BCUT2D eigenvalue weighted by Gasteiger charge is 2.22. The zero-order chi connectivity index (χ0) is 18.7. The second kappa shape index (κ2) is 7.74. The first kappa shape index (κ1) is 18.2. The highest BCUT2D eigenvalue weighted by molar-refractivity contribution is 8.00. The molecule has 0 aliphatic rings. The molecule has 1 aromatic heterocycles. The van der Waals surface area contributed by atoms with E-state index in [-0.39, 0.29) is 11.2 Å². The summed E-state index contributed by atoms with van der Waals surface area (Å²) in [6.45, 7) is 5.90. The Kier molecular flexibility index (Phi) is 5.42. The lowest BCUT2D eigenvalue weighted by Gasteiger charge is -2.20. The van der Waals surface area contributed by atoms with Crippen LogP contribution in [0.3, 0.4) is 0 Å². The average Bonchev–Trinajstić information content (AvgIpc) is 3.09. The van der Waals surface area contributed by atoms with Crippen molar-refractivity contribution in [1.29, 1.82) is 0 Å². The van der Waals surface area contributed by atoms with E-state index in [1.165, 1.54) is 11.8 Å². The number of hydrogen-bond donors (Lipinski definition) is 0. The van der Waals surface area contributed by atoms with E-state index in [0.717, 1.165) is 22.4 Å². The molecule has 0 radical (unpaired) electrons. The van der Waals surface area contributed by atoms with Crippen molar-refractivity contribution < 1.29 is 9.21 Å². The second-order valence-electron chi connectivity index (χ2n) is 6.24. The topological polar surface area (TPSA) is 59.2 Å². The maximum absolute atomic E-state index is 12.6. The molecule has 1 amide bonds. The van der Waals surface area contributed by atoms with Crippen LogP contribution in [0, 0.1) is 13.8 Å². The molecule has 0 bridgehead atoms. The van der Waals surface area contributed by atoms with E-state index in [1.807, 2.05) is 63.2 Å². The first-order chi connectivity index (χ1) is 12.4. The number of aryl methyl sites for hydroxylation is 2. The molecule has 3 rings (SSSR count). The number of amides is 1. The monoisotopic (exact) mass is 367 g/mol. The Morgan fingerprint density at radius 1 is 1.08 bits per heavy atom. The maximum Gasteiger partial charge on any atom is 0.277 e. The summed E-state index contributed by atoms with van der Waals surface area (Å²) in [5.74, 6) is 0.447. The fraction of sp³-hybridized carbons (Fsp3) is 0.250. The molecule has 134 valence electrons. The van der Waals surface area contributed by atoms with Crippen molar-refractivity contribution in [2.45, 2.75) is 31.2 Å². The summed E-state index contributed by atoms with van der Waals surface area (Å²) < 4.78 is 5.76. The van der Waals surface area contributed by atoms with Gasteiger partial charge in [0.25, 0.3) is 5.22 Å². The molecule has 3 aromatic rings. The molecule has 0 N–H and O–H groups in total. The van der Waals surface area contributed by atoms with Crippen LogP contribution in [-0.4, -0.2) is 28.4 Å². The van der Waals surface area contributed by atoms with Crippen molar-refractivity contribution >= 4 is 23.4 Å². The van der Waals surface area contributed by atoms with Gasteiger partial charge in [0.2, 0.25) is 11.8 Å². The Morgan fingerprint density at radius 3 is 2.38 bits per heavy atom. The Bertz CT molecular complexity index is 888. The lowest BCUT2D eigenvalue weighted by Crippen LogP contribution is -2.33. The molecule has 1 heterocycles. The summed E-state index contributed by atoms with van der Waals surface area (Å²) in [5.41, 5.74) is 4.02. The molecule has 0 spiro atoms. The minimum absolute atomic E-state index is 0.0210. The van der Waals surface area contributed by atoms with E-state index in [0.29, 0.717) is 11.1 Å². The zero-order valence-corrected chi connectivity index (χ0v) is 16.1. The SMILES string of the molecule is Cc1cc(C)cc(-c2nnc(SC(C)C(=O)N(C)c3ccccc3)o2)c1. The van der Waals surface area contributed by atoms with Gasteiger partial charge in [0.1, 0.15) is 0 Å². The minimum Gasteiger partial charge on any atom is -0.411 e. The summed E-state index contributed by atoms with van der Waals surface area (Å²) in [7, 11) is 1.77. The number of nitrogens with zero attached hydrogens (tertiary/aromatic N) is 3. The van der Waals surface area contributed by atoms with Crippen molar-refractivity contribution in [3.8, 4) is 11.5 Å². The number of thioether (sulfide) groups is 1. The molecule has 2 aromatic carbocycles. The Hall–Kier alpha value is -2.60. The number of benzene rings is 2. The van der Waals surface area contributed by atoms with Crippen LogP contribution >= 0.6 is 11.8 Å². The molecule has 5 nitrogen and oxygen atoms in total. The van der Waals surface area contributed by atoms with Crippen molar-refractivity contribution in [3.05, 3.63) is 59.7 Å². The quantitative estimate of drug-likeness (QED) is 0.622. The van der Waals surface area contributed by atoms with Gasteiger partial charge in [-0.2, -0.15) is 0 Å². The number of rotatable bonds is 5. The van der Waals surface area contributed by atoms with Crippen LogP contribution in [0.4, 0.5) is 5.69 Å². The predicted molar refractivity (Wildman–Crippen MR) is 104 cm³/mol. The third-order valence-electron chi connectivity index (χ3n) is 3.97. The van der Waals surface area contributed by atoms with E-state index in [9.17, 15) is 4.79 Å². The van der Waals surface area contributed by atoms with Crippen molar-refractivity contribution in [2.75, 3.05) is 11.9 Å². The number of aromatic nitrogens is 2. The summed E-state index contributed by atoms with van der Waals surface area (Å²) in [5, 5.41) is 8.25. The minimum atomic E-state index is -0.340. The largest absolute Gasteiger partial charge is 0.411 e. The van der Waals surface area contributed by atoms with Crippen LogP contribution in [0.15, 0.2) is 58.2 Å². The van der Waals surface area contributed by atoms with Crippen LogP contribution in [0.2, 0.25) is 0 Å². The molecule has 1 unspecified atom stereocenters. The summed E-state index contributed by atoms with van der Waals surface area (Å²) in [6.07, 6.45) is 0. The normalized spacial score (nSPS) is 12.0. The molecular weight excluding hydrogens is 346 g/mol. The van der Waals surface area contributed by atoms with Crippen molar-refractivity contribution in [2.24, 2.45) is 0 Å². The Labute approximate surface area is 157 Å². The first-order valence-corrected chi connectivity index (χ1v) is 9.23. The van der Waals surface area contributed by atoms with Crippen LogP contribution in [0.1, 0.15) is 18.1 Å². The van der Waals surface area contributed by atoms with Crippen LogP contribution in [0.5, 0.6) is 0 Å².